The van der Waals surface area contributed by atoms with Crippen LogP contribution in [0.2, 0.25) is 0 Å². The van der Waals surface area contributed by atoms with Gasteiger partial charge in [0, 0.05) is 0 Å². The molecule has 0 saturated carbocycles. The Bertz CT molecular complexity index is 3150. The van der Waals surface area contributed by atoms with E-state index in [4.69, 9.17) is 29.1 Å². The summed E-state index contributed by atoms with van der Waals surface area (Å²) >= 11 is -1.19. The van der Waals surface area contributed by atoms with Crippen molar-refractivity contribution in [2.24, 2.45) is 3.92 Å². The Balaban J connectivity index is 0.000000211. The fourth-order valence-corrected chi connectivity index (χ4v) is 22.4. The summed E-state index contributed by atoms with van der Waals surface area (Å²) in [6, 6.07) is 130. The normalized spacial score (nSPS) is 10.3. The second-order valence-corrected chi connectivity index (χ2v) is 39.1. The maximum atomic E-state index is 9.08. The van der Waals surface area contributed by atoms with E-state index in [0.717, 1.165) is 4.88 Å². The van der Waals surface area contributed by atoms with Gasteiger partial charge in [-0.25, -0.2) is 0 Å². The van der Waals surface area contributed by atoms with Crippen LogP contribution in [-0.2, 0) is 37.3 Å². The van der Waals surface area contributed by atoms with Crippen LogP contribution in [0, 0.1) is 4.91 Å². The quantitative estimate of drug-likeness (QED) is 0.0330. The van der Waals surface area contributed by atoms with E-state index in [1.165, 1.54) is 84.7 Å². The molecule has 12 aromatic rings. The van der Waals surface area contributed by atoms with Crippen LogP contribution in [0.3, 0.4) is 0 Å². The van der Waals surface area contributed by atoms with Crippen molar-refractivity contribution >= 4 is 135 Å². The fraction of sp³-hybridized carbons (Fsp3) is 0.141. The molecule has 0 fully saturated rings. The van der Waals surface area contributed by atoms with Gasteiger partial charge >= 0.3 is 70.4 Å². The summed E-state index contributed by atoms with van der Waals surface area (Å²) in [6.45, 7) is 13.7. The molecule has 0 aliphatic heterocycles. The molecule has 0 heterocycles. The Hall–Kier alpha value is -5.68. The van der Waals surface area contributed by atoms with Crippen LogP contribution in [0.1, 0.15) is 41.5 Å². The standard InChI is InChI=1S/3C18H15P.3C10H15P.CHO.2ClH.NO.2Ru/c3*1-4-10-16(11-5-1)19(17-12-6-2-7-13-17)18-14-8-3-9-15-18;3*1-3-11(4-2)10-8-6-5-7-9-10;1-2;;;1-2;;/h3*1-15H;3*5-9H,3-4H2,1-2H3;1H;2*1H;;;/q;;;;;;;;;-1;+1;+2/p-2. The van der Waals surface area contributed by atoms with Crippen molar-refractivity contribution in [1.29, 1.82) is 0 Å². The molecule has 0 aliphatic carbocycles. The third-order valence-electron chi connectivity index (χ3n) is 14.8. The molecule has 0 atom stereocenters. The van der Waals surface area contributed by atoms with Gasteiger partial charge in [0.1, 0.15) is 0 Å². The SMILES string of the molecule is CCP(CC)c1ccccc1.CCP(CC)c1ccccc1.CCP(CC)c1ccccc1.O=[CH][Ru][Cl].O=[N][Ru][Cl].c1ccc(P(c2ccccc2)c2ccccc2)cc1.c1ccc(P(c2ccccc2)c2ccccc2)cc1.c1ccc(P(c2ccccc2)c2ccccc2)cc1. The van der Waals surface area contributed by atoms with Gasteiger partial charge in [-0.1, -0.05) is 429 Å². The number of nitrogens with zero attached hydrogens (tertiary/aromatic N) is 1. The van der Waals surface area contributed by atoms with Gasteiger partial charge in [0.25, 0.3) is 0 Å². The molecule has 0 aliphatic rings. The van der Waals surface area contributed by atoms with E-state index < -0.39 is 56.3 Å². The molecule has 0 radical (unpaired) electrons. The summed E-state index contributed by atoms with van der Waals surface area (Å²) in [4.78, 5) is 18.6. The third-order valence-corrected chi connectivity index (χ3v) is 30.8. The van der Waals surface area contributed by atoms with Crippen molar-refractivity contribution < 1.29 is 37.3 Å². The third kappa shape index (κ3) is 31.1. The first-order chi connectivity index (χ1) is 48.3. The van der Waals surface area contributed by atoms with Gasteiger partial charge in [0.15, 0.2) is 0 Å². The zero-order chi connectivity index (χ0) is 69.9. The molecule has 0 unspecified atom stereocenters. The molecule has 12 rings (SSSR count). The predicted molar refractivity (Wildman–Crippen MR) is 442 cm³/mol. The number of hydrogen-bond acceptors (Lipinski definition) is 3. The number of hydrogen-bond donors (Lipinski definition) is 0. The van der Waals surface area contributed by atoms with Crippen molar-refractivity contribution in [3.8, 4) is 0 Å². The van der Waals surface area contributed by atoms with Crippen molar-refractivity contribution in [1.82, 2.24) is 0 Å². The molecule has 3 nitrogen and oxygen atoms in total. The zero-order valence-electron chi connectivity index (χ0n) is 56.9. The Labute approximate surface area is 618 Å². The van der Waals surface area contributed by atoms with Gasteiger partial charge < -0.3 is 0 Å². The minimum absolute atomic E-state index is 0.149. The van der Waals surface area contributed by atoms with Crippen molar-refractivity contribution in [2.75, 3.05) is 37.0 Å². The van der Waals surface area contributed by atoms with Crippen molar-refractivity contribution in [3.63, 3.8) is 0 Å². The molecular formula is C85H91Cl2NO2P6Ru2. The number of rotatable bonds is 20. The number of carbonyl (C=O) groups is 1. The first-order valence-corrected chi connectivity index (χ1v) is 48.2. The van der Waals surface area contributed by atoms with Crippen LogP contribution in [0.25, 0.3) is 0 Å². The minimum atomic E-state index is -0.719. The molecule has 12 aromatic carbocycles. The van der Waals surface area contributed by atoms with E-state index in [-0.39, 0.29) is 23.8 Å². The summed E-state index contributed by atoms with van der Waals surface area (Å²) < 4.78 is 2.34. The van der Waals surface area contributed by atoms with Crippen molar-refractivity contribution in [3.05, 3.63) is 369 Å². The molecule has 0 N–H and O–H groups in total. The minimum Gasteiger partial charge on any atom is -0.0622 e. The summed E-state index contributed by atoms with van der Waals surface area (Å²) in [5.74, 6) is 0. The summed E-state index contributed by atoms with van der Waals surface area (Å²) in [5, 5.41) is 17.2. The van der Waals surface area contributed by atoms with Crippen LogP contribution < -0.4 is 63.7 Å². The predicted octanol–water partition coefficient (Wildman–Crippen LogP) is 20.2. The maximum Gasteiger partial charge on any atom is -0.0134 e. The second kappa shape index (κ2) is 53.2. The average Bonchev–Trinajstić information content (AvgIpc) is 0.943. The van der Waals surface area contributed by atoms with E-state index >= 15 is 0 Å². The molecule has 0 aromatic heterocycles. The summed E-state index contributed by atoms with van der Waals surface area (Å²) in [7, 11) is 8.81. The number of carbonyl (C=O) groups excluding carboxylic acids is 1. The van der Waals surface area contributed by atoms with Crippen LogP contribution >= 0.6 is 66.9 Å². The van der Waals surface area contributed by atoms with Gasteiger partial charge in [-0.3, -0.25) is 0 Å². The Kier molecular flexibility index (Phi) is 45.1. The van der Waals surface area contributed by atoms with E-state index in [1.807, 2.05) is 0 Å². The van der Waals surface area contributed by atoms with Gasteiger partial charge in [-0.2, -0.15) is 0 Å². The number of benzene rings is 12. The molecule has 0 bridgehead atoms. The van der Waals surface area contributed by atoms with E-state index in [9.17, 15) is 0 Å². The van der Waals surface area contributed by atoms with E-state index in [1.54, 1.807) is 15.9 Å². The monoisotopic (exact) mass is 1620 g/mol. The molecule has 0 amide bonds. The van der Waals surface area contributed by atoms with Gasteiger partial charge in [-0.05, 0) is 124 Å². The first-order valence-electron chi connectivity index (χ1n) is 32.8. The smallest absolute Gasteiger partial charge is 0.0134 e. The first kappa shape index (κ1) is 83.0. The van der Waals surface area contributed by atoms with E-state index in [0.29, 0.717) is 0 Å². The number of halogens is 2. The zero-order valence-corrected chi connectivity index (χ0v) is 67.2. The van der Waals surface area contributed by atoms with Gasteiger partial charge in [0.2, 0.25) is 0 Å². The van der Waals surface area contributed by atoms with Crippen LogP contribution in [0.4, 0.5) is 0 Å². The second-order valence-electron chi connectivity index (χ2n) is 20.8. The van der Waals surface area contributed by atoms with Crippen molar-refractivity contribution in [2.45, 2.75) is 41.5 Å². The topological polar surface area (TPSA) is 46.5 Å². The average molecular weight is 1620 g/mol. The fourth-order valence-electron chi connectivity index (χ4n) is 10.2. The van der Waals surface area contributed by atoms with Crippen LogP contribution in [-0.4, -0.2) is 41.9 Å². The van der Waals surface area contributed by atoms with Crippen LogP contribution in [0.15, 0.2) is 368 Å². The largest absolute Gasteiger partial charge is 0.0622 e. The van der Waals surface area contributed by atoms with Gasteiger partial charge in [0.05, 0.1) is 0 Å². The molecule has 0 saturated heterocycles. The Morgan fingerprint density at radius 2 is 0.347 bits per heavy atom. The van der Waals surface area contributed by atoms with E-state index in [2.05, 4.69) is 409 Å². The molecule has 98 heavy (non-hydrogen) atoms. The van der Waals surface area contributed by atoms with Gasteiger partial charge in [-0.15, -0.1) is 0 Å². The Morgan fingerprint density at radius 1 is 0.245 bits per heavy atom. The molecule has 0 spiro atoms. The summed E-state index contributed by atoms with van der Waals surface area (Å²) in [5.41, 5.74) is 0. The molecular weight excluding hydrogens is 1530 g/mol. The Morgan fingerprint density at radius 3 is 0.429 bits per heavy atom. The number of nitroso groups, excluding NO2 is 1. The summed E-state index contributed by atoms with van der Waals surface area (Å²) in [6.07, 6.45) is 7.89. The van der Waals surface area contributed by atoms with Crippen LogP contribution in [0.5, 0.6) is 0 Å². The molecule has 13 heteroatoms. The molecule has 508 valence electrons. The maximum absolute atomic E-state index is 9.08.